The molecule has 0 spiro atoms. The summed E-state index contributed by atoms with van der Waals surface area (Å²) in [6.07, 6.45) is 117. The second-order valence-corrected chi connectivity index (χ2v) is 32.7. The molecule has 103 heavy (non-hydrogen) atoms. The van der Waals surface area contributed by atoms with Gasteiger partial charge >= 0.3 is 19.8 Å². The van der Waals surface area contributed by atoms with Gasteiger partial charge in [-0.05, 0) is 77.0 Å². The molecular weight excluding hydrogens is 1290 g/mol. The molecule has 0 radical (unpaired) electrons. The minimum atomic E-state index is -4.40. The zero-order valence-corrected chi connectivity index (χ0v) is 69.7. The molecule has 1 N–H and O–H groups in total. The van der Waals surface area contributed by atoms with Crippen LogP contribution in [-0.4, -0.2) is 74.9 Å². The van der Waals surface area contributed by atoms with E-state index in [1.807, 2.05) is 21.1 Å². The first-order valence-corrected chi connectivity index (χ1v) is 46.0. The Hall–Kier alpha value is -3.07. The SMILES string of the molecule is CC/C=C\C/C=C\C/C=C\C/C=C\C/C=C\C/C=C\C/C=C\C/C=C\CCCCCCCCCCCCCCCCC(=O)OC(COC(=O)CCCCCCCCCCCCCCCCCCCCCCCCCCCCCCCCCCCCCCCCCC)COP(=O)(O)OCC[N+](C)(C)C. The lowest BCUT2D eigenvalue weighted by atomic mass is 10.0. The molecule has 600 valence electrons. The van der Waals surface area contributed by atoms with Crippen LogP contribution in [0.2, 0.25) is 0 Å². The molecule has 0 aromatic heterocycles. The highest BCUT2D eigenvalue weighted by Gasteiger charge is 2.27. The topological polar surface area (TPSA) is 108 Å². The second kappa shape index (κ2) is 83.0. The number of nitrogens with zero attached hydrogens (tertiary/aromatic N) is 1. The van der Waals surface area contributed by atoms with Gasteiger partial charge in [0.05, 0.1) is 27.7 Å². The van der Waals surface area contributed by atoms with Crippen LogP contribution in [0.25, 0.3) is 0 Å². The van der Waals surface area contributed by atoms with Gasteiger partial charge in [0.25, 0.3) is 0 Å². The zero-order valence-electron chi connectivity index (χ0n) is 68.8. The van der Waals surface area contributed by atoms with Gasteiger partial charge < -0.3 is 18.9 Å². The second-order valence-electron chi connectivity index (χ2n) is 31.3. The van der Waals surface area contributed by atoms with E-state index in [1.165, 1.54) is 308 Å². The van der Waals surface area contributed by atoms with Gasteiger partial charge in [-0.15, -0.1) is 0 Å². The average Bonchev–Trinajstić information content (AvgIpc) is 1.01. The number of hydrogen-bond donors (Lipinski definition) is 1. The molecule has 2 unspecified atom stereocenters. The molecule has 0 aromatic carbocycles. The summed E-state index contributed by atoms with van der Waals surface area (Å²) in [7, 11) is 1.49. The molecular formula is C93H171NO8P+. The van der Waals surface area contributed by atoms with Crippen LogP contribution >= 0.6 is 7.82 Å². The number of rotatable bonds is 83. The Labute approximate surface area is 640 Å². The lowest BCUT2D eigenvalue weighted by Gasteiger charge is -2.24. The van der Waals surface area contributed by atoms with Crippen LogP contribution < -0.4 is 0 Å². The highest BCUT2D eigenvalue weighted by Crippen LogP contribution is 2.43. The summed E-state index contributed by atoms with van der Waals surface area (Å²) in [6.45, 7) is 4.38. The minimum Gasteiger partial charge on any atom is -0.462 e. The van der Waals surface area contributed by atoms with Gasteiger partial charge in [-0.25, -0.2) is 4.57 Å². The van der Waals surface area contributed by atoms with E-state index in [-0.39, 0.29) is 25.6 Å². The van der Waals surface area contributed by atoms with E-state index in [4.69, 9.17) is 18.5 Å². The molecule has 0 aromatic rings. The third kappa shape index (κ3) is 87.7. The molecule has 10 heteroatoms. The Morgan fingerprint density at radius 1 is 0.311 bits per heavy atom. The normalized spacial score (nSPS) is 13.4. The zero-order chi connectivity index (χ0) is 74.7. The fourth-order valence-electron chi connectivity index (χ4n) is 13.2. The van der Waals surface area contributed by atoms with Crippen molar-refractivity contribution in [3.63, 3.8) is 0 Å². The highest BCUT2D eigenvalue weighted by molar-refractivity contribution is 7.47. The third-order valence-electron chi connectivity index (χ3n) is 19.9. The fourth-order valence-corrected chi connectivity index (χ4v) is 13.9. The van der Waals surface area contributed by atoms with E-state index in [2.05, 4.69) is 111 Å². The molecule has 0 fully saturated rings. The summed E-state index contributed by atoms with van der Waals surface area (Å²) in [4.78, 5) is 36.1. The standard InChI is InChI=1S/C93H170NO8P/c1-6-8-10-12-14-16-18-20-22-24-26-28-30-32-34-36-38-40-42-44-46-48-49-51-53-55-57-59-61-63-65-67-69-71-73-75-77-79-81-83-85-92(95)99-89-91(90-101-103(97,98)100-88-87-94(3,4)5)102-93(96)86-84-82-80-78-76-74-72-70-68-66-64-62-60-58-56-54-52-50-47-45-43-41-39-37-35-33-31-29-27-25-23-21-19-17-15-13-11-9-7-2/h9,11,15,17,21,23,27,29,33,35,39,41,45,47,52,54,91H,6-8,10,12-14,16,18-20,22,24-26,28,30-32,34,36-38,40,42-44,46,48-51,53,55-90H2,1-5H3/p+1/b11-9-,17-15-,23-21-,29-27-,35-33-,41-39-,47-45-,54-52-. The molecule has 0 amide bonds. The van der Waals surface area contributed by atoms with Crippen molar-refractivity contribution in [2.75, 3.05) is 47.5 Å². The highest BCUT2D eigenvalue weighted by atomic mass is 31.2. The summed E-state index contributed by atoms with van der Waals surface area (Å²) >= 11 is 0. The number of unbranched alkanes of at least 4 members (excludes halogenated alkanes) is 53. The number of ether oxygens (including phenoxy) is 2. The summed E-state index contributed by atoms with van der Waals surface area (Å²) < 4.78 is 34.9. The van der Waals surface area contributed by atoms with Crippen LogP contribution in [0.4, 0.5) is 0 Å². The number of carbonyl (C=O) groups excluding carboxylic acids is 2. The smallest absolute Gasteiger partial charge is 0.462 e. The van der Waals surface area contributed by atoms with E-state index in [0.717, 1.165) is 89.9 Å². The van der Waals surface area contributed by atoms with Gasteiger partial charge in [0, 0.05) is 12.8 Å². The summed E-state index contributed by atoms with van der Waals surface area (Å²) in [5, 5.41) is 0. The molecule has 0 bridgehead atoms. The monoisotopic (exact) mass is 1460 g/mol. The van der Waals surface area contributed by atoms with Crippen LogP contribution in [0.5, 0.6) is 0 Å². The van der Waals surface area contributed by atoms with Crippen molar-refractivity contribution in [3.8, 4) is 0 Å². The quantitative estimate of drug-likeness (QED) is 0.0211. The van der Waals surface area contributed by atoms with E-state index in [1.54, 1.807) is 0 Å². The van der Waals surface area contributed by atoms with E-state index < -0.39 is 26.5 Å². The van der Waals surface area contributed by atoms with Crippen molar-refractivity contribution in [2.45, 2.75) is 437 Å². The molecule has 9 nitrogen and oxygen atoms in total. The maximum absolute atomic E-state index is 12.9. The number of hydrogen-bond acceptors (Lipinski definition) is 7. The van der Waals surface area contributed by atoms with Gasteiger partial charge in [-0.2, -0.15) is 0 Å². The molecule has 0 saturated heterocycles. The largest absolute Gasteiger partial charge is 0.472 e. The van der Waals surface area contributed by atoms with Crippen molar-refractivity contribution in [1.82, 2.24) is 0 Å². The molecule has 0 rings (SSSR count). The fraction of sp³-hybridized carbons (Fsp3) is 0.806. The number of esters is 2. The van der Waals surface area contributed by atoms with Gasteiger partial charge in [-0.1, -0.05) is 439 Å². The van der Waals surface area contributed by atoms with Crippen LogP contribution in [0.1, 0.15) is 431 Å². The summed E-state index contributed by atoms with van der Waals surface area (Å²) in [5.74, 6) is -0.780. The summed E-state index contributed by atoms with van der Waals surface area (Å²) in [6, 6.07) is 0. The Balaban J connectivity index is 3.89. The predicted octanol–water partition coefficient (Wildman–Crippen LogP) is 30.1. The average molecular weight is 1460 g/mol. The molecule has 0 aliphatic carbocycles. The van der Waals surface area contributed by atoms with Crippen LogP contribution in [0.3, 0.4) is 0 Å². The van der Waals surface area contributed by atoms with Gasteiger partial charge in [0.1, 0.15) is 19.8 Å². The number of likely N-dealkylation sites (N-methyl/N-ethyl adjacent to an activating group) is 1. The predicted molar refractivity (Wildman–Crippen MR) is 450 cm³/mol. The number of phosphoric acid groups is 1. The molecule has 0 aliphatic rings. The minimum absolute atomic E-state index is 0.0311. The van der Waals surface area contributed by atoms with E-state index in [9.17, 15) is 19.0 Å². The van der Waals surface area contributed by atoms with Gasteiger partial charge in [-0.3, -0.25) is 18.6 Å². The number of carbonyl (C=O) groups is 2. The lowest BCUT2D eigenvalue weighted by Crippen LogP contribution is -2.37. The van der Waals surface area contributed by atoms with Crippen molar-refractivity contribution in [2.24, 2.45) is 0 Å². The van der Waals surface area contributed by atoms with Crippen LogP contribution in [0.15, 0.2) is 97.2 Å². The van der Waals surface area contributed by atoms with Crippen molar-refractivity contribution in [3.05, 3.63) is 97.2 Å². The third-order valence-corrected chi connectivity index (χ3v) is 20.9. The maximum Gasteiger partial charge on any atom is 0.472 e. The van der Waals surface area contributed by atoms with Crippen molar-refractivity contribution >= 4 is 19.8 Å². The van der Waals surface area contributed by atoms with Crippen LogP contribution in [0, 0.1) is 0 Å². The Morgan fingerprint density at radius 2 is 0.553 bits per heavy atom. The number of phosphoric ester groups is 1. The Morgan fingerprint density at radius 3 is 0.825 bits per heavy atom. The molecule has 0 saturated carbocycles. The van der Waals surface area contributed by atoms with Crippen LogP contribution in [-0.2, 0) is 32.7 Å². The Bertz CT molecular complexity index is 2070. The first kappa shape index (κ1) is 99.9. The first-order valence-electron chi connectivity index (χ1n) is 44.5. The first-order chi connectivity index (χ1) is 50.5. The molecule has 0 aliphatic heterocycles. The molecule has 0 heterocycles. The number of allylic oxidation sites excluding steroid dienone is 16. The van der Waals surface area contributed by atoms with Crippen molar-refractivity contribution in [1.29, 1.82) is 0 Å². The van der Waals surface area contributed by atoms with E-state index in [0.29, 0.717) is 23.9 Å². The number of quaternary nitrogens is 1. The molecule has 2 atom stereocenters. The van der Waals surface area contributed by atoms with Gasteiger partial charge in [0.2, 0.25) is 0 Å². The van der Waals surface area contributed by atoms with E-state index >= 15 is 0 Å². The summed E-state index contributed by atoms with van der Waals surface area (Å²) in [5.41, 5.74) is 0. The van der Waals surface area contributed by atoms with Crippen molar-refractivity contribution < 1.29 is 42.1 Å². The lowest BCUT2D eigenvalue weighted by molar-refractivity contribution is -0.870. The maximum atomic E-state index is 12.9. The van der Waals surface area contributed by atoms with Gasteiger partial charge in [0.15, 0.2) is 6.10 Å². The Kier molecular flexibility index (Phi) is 80.5.